The summed E-state index contributed by atoms with van der Waals surface area (Å²) in [6.07, 6.45) is 6.92. The van der Waals surface area contributed by atoms with Gasteiger partial charge in [0.2, 0.25) is 0 Å². The summed E-state index contributed by atoms with van der Waals surface area (Å²) in [4.78, 5) is 4.42. The molecule has 0 saturated carbocycles. The van der Waals surface area contributed by atoms with Crippen LogP contribution in [0.1, 0.15) is 18.1 Å². The topological polar surface area (TPSA) is 30.8 Å². The second-order valence-electron chi connectivity index (χ2n) is 4.95. The number of hydrogen-bond donors (Lipinski definition) is 0. The lowest BCUT2D eigenvalue weighted by Crippen LogP contribution is -2.01. The minimum absolute atomic E-state index is 0.120. The first-order valence-corrected chi connectivity index (χ1v) is 8.13. The third kappa shape index (κ3) is 4.67. The zero-order valence-electron chi connectivity index (χ0n) is 13.5. The number of halogens is 2. The van der Waals surface area contributed by atoms with Gasteiger partial charge in [-0.25, -0.2) is 0 Å². The Balaban J connectivity index is 2.31. The van der Waals surface area contributed by atoms with Gasteiger partial charge in [0.25, 0.3) is 0 Å². The number of nitrogens with zero attached hydrogens (tertiary/aromatic N) is 1. The van der Waals surface area contributed by atoms with Crippen LogP contribution in [0.4, 0.5) is 5.69 Å². The standard InChI is InChI=1S/C19H17Cl2NO2/c1-4-8-24-19-17(21)9-14(10-18(19)23-5-2)12-22-15-7-6-13(3)16(20)11-15/h1,6-7,9-12H,5,8H2,2-3H3. The highest BCUT2D eigenvalue weighted by Gasteiger charge is 2.11. The van der Waals surface area contributed by atoms with Crippen molar-refractivity contribution in [2.75, 3.05) is 13.2 Å². The van der Waals surface area contributed by atoms with Gasteiger partial charge in [0, 0.05) is 11.2 Å². The first kappa shape index (κ1) is 18.2. The monoisotopic (exact) mass is 361 g/mol. The van der Waals surface area contributed by atoms with E-state index < -0.39 is 0 Å². The van der Waals surface area contributed by atoms with E-state index in [0.29, 0.717) is 28.2 Å². The molecule has 0 bridgehead atoms. The molecule has 5 heteroatoms. The minimum Gasteiger partial charge on any atom is -0.490 e. The van der Waals surface area contributed by atoms with Gasteiger partial charge in [0.05, 0.1) is 17.3 Å². The molecule has 2 aromatic rings. The number of ether oxygens (including phenoxy) is 2. The molecule has 0 aliphatic rings. The molecule has 3 nitrogen and oxygen atoms in total. The molecule has 0 atom stereocenters. The lowest BCUT2D eigenvalue weighted by molar-refractivity contribution is 0.299. The van der Waals surface area contributed by atoms with Crippen LogP contribution in [0, 0.1) is 19.3 Å². The van der Waals surface area contributed by atoms with E-state index in [1.165, 1.54) is 0 Å². The number of benzene rings is 2. The third-order valence-electron chi connectivity index (χ3n) is 3.15. The van der Waals surface area contributed by atoms with Crippen LogP contribution < -0.4 is 9.47 Å². The SMILES string of the molecule is C#CCOc1c(Cl)cc(C=Nc2ccc(C)c(Cl)c2)cc1OCC. The summed E-state index contributed by atoms with van der Waals surface area (Å²) in [6.45, 7) is 4.43. The first-order chi connectivity index (χ1) is 11.5. The van der Waals surface area contributed by atoms with Crippen LogP contribution in [0.2, 0.25) is 10.0 Å². The molecule has 0 fully saturated rings. The van der Waals surface area contributed by atoms with E-state index in [9.17, 15) is 0 Å². The Morgan fingerprint density at radius 1 is 1.17 bits per heavy atom. The zero-order valence-corrected chi connectivity index (χ0v) is 15.0. The van der Waals surface area contributed by atoms with E-state index in [1.54, 1.807) is 18.3 Å². The molecule has 0 spiro atoms. The van der Waals surface area contributed by atoms with Crippen molar-refractivity contribution in [3.63, 3.8) is 0 Å². The first-order valence-electron chi connectivity index (χ1n) is 7.38. The Kier molecular flexibility index (Phi) is 6.54. The molecule has 0 N–H and O–H groups in total. The number of hydrogen-bond acceptors (Lipinski definition) is 3. The molecule has 2 rings (SSSR count). The Labute approximate surface area is 152 Å². The van der Waals surface area contributed by atoms with Crippen molar-refractivity contribution in [1.29, 1.82) is 0 Å². The fourth-order valence-corrected chi connectivity index (χ4v) is 2.44. The molecule has 0 unspecified atom stereocenters. The Bertz CT molecular complexity index is 795. The van der Waals surface area contributed by atoms with Crippen molar-refractivity contribution < 1.29 is 9.47 Å². The second kappa shape index (κ2) is 8.63. The van der Waals surface area contributed by atoms with Crippen molar-refractivity contribution in [2.45, 2.75) is 13.8 Å². The molecule has 0 aliphatic heterocycles. The van der Waals surface area contributed by atoms with Crippen LogP contribution in [0.3, 0.4) is 0 Å². The van der Waals surface area contributed by atoms with Gasteiger partial charge in [0.1, 0.15) is 6.61 Å². The molecule has 2 aromatic carbocycles. The molecule has 124 valence electrons. The van der Waals surface area contributed by atoms with Crippen LogP contribution in [-0.2, 0) is 0 Å². The third-order valence-corrected chi connectivity index (χ3v) is 3.84. The predicted molar refractivity (Wildman–Crippen MR) is 100 cm³/mol. The van der Waals surface area contributed by atoms with Crippen molar-refractivity contribution in [3.05, 3.63) is 51.5 Å². The van der Waals surface area contributed by atoms with Gasteiger partial charge in [-0.15, -0.1) is 6.42 Å². The van der Waals surface area contributed by atoms with Gasteiger partial charge in [-0.2, -0.15) is 0 Å². The largest absolute Gasteiger partial charge is 0.490 e. The lowest BCUT2D eigenvalue weighted by Gasteiger charge is -2.12. The van der Waals surface area contributed by atoms with E-state index in [-0.39, 0.29) is 6.61 Å². The maximum Gasteiger partial charge on any atom is 0.181 e. The summed E-state index contributed by atoms with van der Waals surface area (Å²) in [5.41, 5.74) is 2.55. The molecular weight excluding hydrogens is 345 g/mol. The van der Waals surface area contributed by atoms with E-state index >= 15 is 0 Å². The zero-order chi connectivity index (χ0) is 17.5. The Morgan fingerprint density at radius 3 is 2.62 bits per heavy atom. The number of aliphatic imine (C=N–C) groups is 1. The summed E-state index contributed by atoms with van der Waals surface area (Å²) in [7, 11) is 0. The summed E-state index contributed by atoms with van der Waals surface area (Å²) in [5, 5.41) is 1.09. The van der Waals surface area contributed by atoms with Gasteiger partial charge >= 0.3 is 0 Å². The summed E-state index contributed by atoms with van der Waals surface area (Å²) in [6, 6.07) is 9.18. The molecule has 0 amide bonds. The quantitative estimate of drug-likeness (QED) is 0.504. The van der Waals surface area contributed by atoms with Gasteiger partial charge in [0.15, 0.2) is 11.5 Å². The predicted octanol–water partition coefficient (Wildman–Crippen LogP) is 5.46. The average molecular weight is 362 g/mol. The summed E-state index contributed by atoms with van der Waals surface area (Å²) in [5.74, 6) is 3.38. The van der Waals surface area contributed by atoms with Crippen molar-refractivity contribution in [2.24, 2.45) is 4.99 Å². The van der Waals surface area contributed by atoms with Crippen LogP contribution in [0.15, 0.2) is 35.3 Å². The van der Waals surface area contributed by atoms with Gasteiger partial charge in [-0.1, -0.05) is 35.2 Å². The Hall–Kier alpha value is -2.15. The van der Waals surface area contributed by atoms with E-state index in [0.717, 1.165) is 16.8 Å². The van der Waals surface area contributed by atoms with Gasteiger partial charge < -0.3 is 9.47 Å². The fourth-order valence-electron chi connectivity index (χ4n) is 1.99. The highest BCUT2D eigenvalue weighted by molar-refractivity contribution is 6.32. The Morgan fingerprint density at radius 2 is 1.96 bits per heavy atom. The van der Waals surface area contributed by atoms with Crippen molar-refractivity contribution in [1.82, 2.24) is 0 Å². The normalized spacial score (nSPS) is 10.6. The minimum atomic E-state index is 0.120. The van der Waals surface area contributed by atoms with E-state index in [1.807, 2.05) is 32.0 Å². The van der Waals surface area contributed by atoms with Gasteiger partial charge in [-0.05, 0) is 49.2 Å². The molecule has 0 aliphatic carbocycles. The molecule has 0 saturated heterocycles. The van der Waals surface area contributed by atoms with Crippen LogP contribution >= 0.6 is 23.2 Å². The van der Waals surface area contributed by atoms with Gasteiger partial charge in [-0.3, -0.25) is 4.99 Å². The maximum absolute atomic E-state index is 6.28. The van der Waals surface area contributed by atoms with E-state index in [4.69, 9.17) is 39.1 Å². The van der Waals surface area contributed by atoms with Crippen LogP contribution in [-0.4, -0.2) is 19.4 Å². The van der Waals surface area contributed by atoms with Crippen molar-refractivity contribution >= 4 is 35.1 Å². The highest BCUT2D eigenvalue weighted by Crippen LogP contribution is 2.36. The molecule has 24 heavy (non-hydrogen) atoms. The van der Waals surface area contributed by atoms with Crippen LogP contribution in [0.25, 0.3) is 0 Å². The molecular formula is C19H17Cl2NO2. The number of rotatable bonds is 6. The van der Waals surface area contributed by atoms with Crippen LogP contribution in [0.5, 0.6) is 11.5 Å². The number of aryl methyl sites for hydroxylation is 1. The maximum atomic E-state index is 6.28. The molecule has 0 aromatic heterocycles. The lowest BCUT2D eigenvalue weighted by atomic mass is 10.2. The van der Waals surface area contributed by atoms with Crippen molar-refractivity contribution in [3.8, 4) is 23.8 Å². The van der Waals surface area contributed by atoms with E-state index in [2.05, 4.69) is 10.9 Å². The average Bonchev–Trinajstić information content (AvgIpc) is 2.55. The summed E-state index contributed by atoms with van der Waals surface area (Å²) < 4.78 is 11.0. The molecule has 0 radical (unpaired) electrons. The number of terminal acetylenes is 1. The fraction of sp³-hybridized carbons (Fsp3) is 0.211. The smallest absolute Gasteiger partial charge is 0.181 e. The highest BCUT2D eigenvalue weighted by atomic mass is 35.5. The summed E-state index contributed by atoms with van der Waals surface area (Å²) >= 11 is 12.4. The second-order valence-corrected chi connectivity index (χ2v) is 5.76. The molecule has 0 heterocycles.